The fourth-order valence-corrected chi connectivity index (χ4v) is 4.02. The number of hydrogen-bond acceptors (Lipinski definition) is 4. The molecule has 2 aromatic rings. The molecule has 1 N–H and O–H groups in total. The maximum atomic E-state index is 12.8. The molecule has 1 aliphatic heterocycles. The third-order valence-electron chi connectivity index (χ3n) is 5.10. The summed E-state index contributed by atoms with van der Waals surface area (Å²) < 4.78 is 0. The highest BCUT2D eigenvalue weighted by atomic mass is 32.2. The number of carbonyl (C=O) groups excluding carboxylic acids is 3. The van der Waals surface area contributed by atoms with Gasteiger partial charge in [-0.05, 0) is 48.4 Å². The van der Waals surface area contributed by atoms with Crippen molar-refractivity contribution in [2.24, 2.45) is 5.92 Å². The Morgan fingerprint density at radius 3 is 2.32 bits per heavy atom. The molecule has 1 fully saturated rings. The lowest BCUT2D eigenvalue weighted by Crippen LogP contribution is -2.40. The van der Waals surface area contributed by atoms with E-state index in [0.29, 0.717) is 36.5 Å². The summed E-state index contributed by atoms with van der Waals surface area (Å²) in [6.45, 7) is 1.09. The van der Waals surface area contributed by atoms with Gasteiger partial charge in [-0.3, -0.25) is 14.4 Å². The summed E-state index contributed by atoms with van der Waals surface area (Å²) in [4.78, 5) is 41.3. The van der Waals surface area contributed by atoms with Crippen LogP contribution in [0.25, 0.3) is 6.08 Å². The number of likely N-dealkylation sites (tertiary alicyclic amines) is 1. The van der Waals surface area contributed by atoms with E-state index >= 15 is 0 Å². The maximum Gasteiger partial charge on any atom is 0.286 e. The Morgan fingerprint density at radius 2 is 1.65 bits per heavy atom. The third-order valence-corrected chi connectivity index (χ3v) is 6.22. The Kier molecular flexibility index (Phi) is 7.89. The van der Waals surface area contributed by atoms with Crippen LogP contribution in [0.15, 0.2) is 65.6 Å². The van der Waals surface area contributed by atoms with Gasteiger partial charge >= 0.3 is 0 Å². The zero-order valence-corrected chi connectivity index (χ0v) is 18.6. The smallest absolute Gasteiger partial charge is 0.286 e. The van der Waals surface area contributed by atoms with E-state index < -0.39 is 0 Å². The van der Waals surface area contributed by atoms with Gasteiger partial charge in [-0.1, -0.05) is 42.5 Å². The van der Waals surface area contributed by atoms with Crippen LogP contribution in [-0.2, 0) is 9.59 Å². The first kappa shape index (κ1) is 22.6. The Bertz CT molecular complexity index is 952. The normalized spacial score (nSPS) is 14.5. The average molecular weight is 438 g/mol. The zero-order chi connectivity index (χ0) is 22.2. The van der Waals surface area contributed by atoms with Gasteiger partial charge in [0.05, 0.1) is 5.69 Å². The monoisotopic (exact) mass is 437 g/mol. The molecule has 1 saturated heterocycles. The van der Waals surface area contributed by atoms with Crippen molar-refractivity contribution < 1.29 is 14.4 Å². The van der Waals surface area contributed by atoms with Crippen LogP contribution in [0.3, 0.4) is 0 Å². The van der Waals surface area contributed by atoms with Crippen LogP contribution < -0.4 is 5.32 Å². The van der Waals surface area contributed by atoms with E-state index in [0.717, 1.165) is 17.3 Å². The molecule has 7 heteroatoms. The van der Waals surface area contributed by atoms with E-state index in [-0.39, 0.29) is 23.0 Å². The summed E-state index contributed by atoms with van der Waals surface area (Å²) in [6, 6.07) is 17.0. The first-order valence-corrected chi connectivity index (χ1v) is 11.1. The molecule has 0 spiro atoms. The number of benzene rings is 2. The van der Waals surface area contributed by atoms with Crippen molar-refractivity contribution in [2.75, 3.05) is 32.5 Å². The molecule has 1 aliphatic rings. The van der Waals surface area contributed by atoms with Crippen molar-refractivity contribution in [3.05, 3.63) is 66.2 Å². The summed E-state index contributed by atoms with van der Waals surface area (Å²) in [5.41, 5.74) is 1.62. The lowest BCUT2D eigenvalue weighted by molar-refractivity contribution is -0.130. The Hall–Kier alpha value is -3.06. The second kappa shape index (κ2) is 10.8. The highest BCUT2D eigenvalue weighted by Crippen LogP contribution is 2.29. The molecule has 0 radical (unpaired) electrons. The van der Waals surface area contributed by atoms with Gasteiger partial charge < -0.3 is 15.1 Å². The highest BCUT2D eigenvalue weighted by molar-refractivity contribution is 8.13. The molecule has 2 aromatic carbocycles. The minimum atomic E-state index is -0.162. The molecule has 3 amide bonds. The number of rotatable bonds is 5. The van der Waals surface area contributed by atoms with Crippen LogP contribution >= 0.6 is 11.8 Å². The third kappa shape index (κ3) is 6.46. The van der Waals surface area contributed by atoms with Crippen molar-refractivity contribution in [1.29, 1.82) is 0 Å². The zero-order valence-electron chi connectivity index (χ0n) is 17.8. The quantitative estimate of drug-likeness (QED) is 0.558. The number of para-hydroxylation sites is 1. The minimum absolute atomic E-state index is 0.0355. The van der Waals surface area contributed by atoms with Crippen LogP contribution in [-0.4, -0.2) is 54.0 Å². The van der Waals surface area contributed by atoms with Gasteiger partial charge in [-0.25, -0.2) is 0 Å². The number of carbonyl (C=O) groups is 3. The van der Waals surface area contributed by atoms with Crippen LogP contribution in [0.2, 0.25) is 0 Å². The van der Waals surface area contributed by atoms with Gasteiger partial charge in [0.15, 0.2) is 0 Å². The summed E-state index contributed by atoms with van der Waals surface area (Å²) in [6.07, 6.45) is 4.63. The number of amides is 3. The number of nitrogens with zero attached hydrogens (tertiary/aromatic N) is 2. The molecule has 162 valence electrons. The Balaban J connectivity index is 1.53. The van der Waals surface area contributed by atoms with Gasteiger partial charge in [-0.15, -0.1) is 0 Å². The maximum absolute atomic E-state index is 12.8. The largest absolute Gasteiger partial charge is 0.339 e. The van der Waals surface area contributed by atoms with Crippen LogP contribution in [0, 0.1) is 5.92 Å². The van der Waals surface area contributed by atoms with E-state index in [1.165, 1.54) is 4.90 Å². The number of thioether (sulfide) groups is 1. The highest BCUT2D eigenvalue weighted by Gasteiger charge is 2.27. The molecule has 0 atom stereocenters. The minimum Gasteiger partial charge on any atom is -0.339 e. The molecule has 0 aliphatic carbocycles. The Morgan fingerprint density at radius 1 is 1.00 bits per heavy atom. The second-order valence-corrected chi connectivity index (χ2v) is 8.58. The van der Waals surface area contributed by atoms with Gasteiger partial charge in [-0.2, -0.15) is 0 Å². The van der Waals surface area contributed by atoms with Gasteiger partial charge in [0.2, 0.25) is 11.8 Å². The van der Waals surface area contributed by atoms with Crippen molar-refractivity contribution in [1.82, 2.24) is 9.80 Å². The van der Waals surface area contributed by atoms with Gasteiger partial charge in [0.25, 0.3) is 5.24 Å². The van der Waals surface area contributed by atoms with Crippen molar-refractivity contribution in [3.8, 4) is 0 Å². The Labute approximate surface area is 187 Å². The summed E-state index contributed by atoms with van der Waals surface area (Å²) >= 11 is 1.09. The molecule has 6 nitrogen and oxygen atoms in total. The molecule has 31 heavy (non-hydrogen) atoms. The number of piperidine rings is 1. The van der Waals surface area contributed by atoms with E-state index in [4.69, 9.17) is 0 Å². The van der Waals surface area contributed by atoms with E-state index in [2.05, 4.69) is 5.32 Å². The van der Waals surface area contributed by atoms with Crippen LogP contribution in [0.5, 0.6) is 0 Å². The predicted molar refractivity (Wildman–Crippen MR) is 125 cm³/mol. The molecule has 0 unspecified atom stereocenters. The van der Waals surface area contributed by atoms with Crippen molar-refractivity contribution >= 4 is 40.6 Å². The van der Waals surface area contributed by atoms with E-state index in [9.17, 15) is 14.4 Å². The number of hydrogen-bond donors (Lipinski definition) is 1. The molecular weight excluding hydrogens is 410 g/mol. The van der Waals surface area contributed by atoms with E-state index in [1.807, 2.05) is 54.6 Å². The molecule has 0 aromatic heterocycles. The lowest BCUT2D eigenvalue weighted by atomic mass is 9.95. The summed E-state index contributed by atoms with van der Waals surface area (Å²) in [5.74, 6) is -0.270. The number of anilines is 1. The predicted octanol–water partition coefficient (Wildman–Crippen LogP) is 4.35. The second-order valence-electron chi connectivity index (χ2n) is 7.59. The molecular formula is C24H27N3O3S. The van der Waals surface area contributed by atoms with Crippen LogP contribution in [0.4, 0.5) is 10.5 Å². The average Bonchev–Trinajstić information content (AvgIpc) is 2.79. The SMILES string of the molecule is CN(C)C(=O)Sc1ccccc1NC(=O)C1CCN(C(=O)/C=C/c2ccccc2)CC1. The molecule has 0 bridgehead atoms. The van der Waals surface area contributed by atoms with Crippen molar-refractivity contribution in [3.63, 3.8) is 0 Å². The fourth-order valence-electron chi connectivity index (χ4n) is 3.28. The van der Waals surface area contributed by atoms with Gasteiger partial charge in [0, 0.05) is 44.1 Å². The fraction of sp³-hybridized carbons (Fsp3) is 0.292. The van der Waals surface area contributed by atoms with Gasteiger partial charge in [0.1, 0.15) is 0 Å². The molecule has 3 rings (SSSR count). The first-order chi connectivity index (χ1) is 14.9. The topological polar surface area (TPSA) is 69.7 Å². The molecule has 0 saturated carbocycles. The summed E-state index contributed by atoms with van der Waals surface area (Å²) in [5, 5.41) is 2.87. The first-order valence-electron chi connectivity index (χ1n) is 10.2. The lowest BCUT2D eigenvalue weighted by Gasteiger charge is -2.30. The standard InChI is InChI=1S/C24H27N3O3S/c1-26(2)24(30)31-21-11-7-6-10-20(21)25-23(29)19-14-16-27(17-15-19)22(28)13-12-18-8-4-3-5-9-18/h3-13,19H,14-17H2,1-2H3,(H,25,29)/b13-12+. The van der Waals surface area contributed by atoms with Crippen LogP contribution in [0.1, 0.15) is 18.4 Å². The van der Waals surface area contributed by atoms with E-state index in [1.54, 1.807) is 31.1 Å². The summed E-state index contributed by atoms with van der Waals surface area (Å²) in [7, 11) is 3.39. The number of nitrogens with one attached hydrogen (secondary N) is 1. The molecule has 1 heterocycles. The van der Waals surface area contributed by atoms with Crippen molar-refractivity contribution in [2.45, 2.75) is 17.7 Å².